The van der Waals surface area contributed by atoms with E-state index in [4.69, 9.17) is 9.47 Å². The van der Waals surface area contributed by atoms with E-state index in [9.17, 15) is 23.2 Å². The number of benzene rings is 2. The lowest BCUT2D eigenvalue weighted by Gasteiger charge is -2.34. The van der Waals surface area contributed by atoms with Crippen LogP contribution < -0.4 is 10.2 Å². The van der Waals surface area contributed by atoms with Gasteiger partial charge in [0, 0.05) is 31.7 Å². The Morgan fingerprint density at radius 2 is 1.62 bits per heavy atom. The Hall–Kier alpha value is -2.95. The summed E-state index contributed by atoms with van der Waals surface area (Å²) < 4.78 is 36.4. The van der Waals surface area contributed by atoms with Crippen molar-refractivity contribution in [1.82, 2.24) is 10.4 Å². The summed E-state index contributed by atoms with van der Waals surface area (Å²) in [4.78, 5) is 27.3. The standard InChI is InChI=1S/C29H36N2O7S/c32-27(23-8-6-22(7-9-23)21-4-2-1-3-5-21)31-17-14-25(20-31)38-24-10-12-26(13-11-24)39(35,36)29(28(33)30-34)15-18-37-19-16-29/h6-13,21,25,34H,1-5,14-20H2,(H,30,33)/t25-/m1/s1. The Morgan fingerprint density at radius 3 is 2.26 bits per heavy atom. The van der Waals surface area contributed by atoms with Gasteiger partial charge in [0.15, 0.2) is 14.6 Å². The molecule has 2 saturated heterocycles. The third kappa shape index (κ3) is 5.55. The molecule has 3 fully saturated rings. The van der Waals surface area contributed by atoms with E-state index in [1.54, 1.807) is 17.0 Å². The number of nitrogens with one attached hydrogen (secondary N) is 1. The molecule has 2 aromatic carbocycles. The number of rotatable bonds is 7. The molecule has 2 aromatic rings. The van der Waals surface area contributed by atoms with Gasteiger partial charge in [-0.25, -0.2) is 13.9 Å². The Kier molecular flexibility index (Phi) is 8.25. The van der Waals surface area contributed by atoms with E-state index in [0.29, 0.717) is 36.7 Å². The van der Waals surface area contributed by atoms with Gasteiger partial charge >= 0.3 is 0 Å². The Balaban J connectivity index is 1.20. The van der Waals surface area contributed by atoms with Crippen LogP contribution in [-0.2, 0) is 19.4 Å². The minimum atomic E-state index is -4.10. The van der Waals surface area contributed by atoms with E-state index in [-0.39, 0.29) is 43.0 Å². The van der Waals surface area contributed by atoms with Crippen LogP contribution in [0.15, 0.2) is 53.4 Å². The monoisotopic (exact) mass is 556 g/mol. The minimum Gasteiger partial charge on any atom is -0.489 e. The van der Waals surface area contributed by atoms with Gasteiger partial charge in [-0.05, 0) is 73.6 Å². The van der Waals surface area contributed by atoms with Crippen molar-refractivity contribution in [3.63, 3.8) is 0 Å². The van der Waals surface area contributed by atoms with Gasteiger partial charge in [-0.15, -0.1) is 0 Å². The maximum absolute atomic E-state index is 13.4. The predicted molar refractivity (Wildman–Crippen MR) is 144 cm³/mol. The Bertz CT molecular complexity index is 1270. The highest BCUT2D eigenvalue weighted by Crippen LogP contribution is 2.36. The zero-order valence-corrected chi connectivity index (χ0v) is 22.8. The first-order chi connectivity index (χ1) is 18.8. The molecule has 0 spiro atoms. The number of sulfone groups is 1. The number of amides is 2. The molecular weight excluding hydrogens is 520 g/mol. The highest BCUT2D eigenvalue weighted by Gasteiger charge is 2.52. The van der Waals surface area contributed by atoms with Crippen molar-refractivity contribution >= 4 is 21.7 Å². The third-order valence-corrected chi connectivity index (χ3v) is 10.9. The van der Waals surface area contributed by atoms with E-state index in [1.807, 2.05) is 12.1 Å². The fraction of sp³-hybridized carbons (Fsp3) is 0.517. The molecule has 0 unspecified atom stereocenters. The molecule has 0 bridgehead atoms. The van der Waals surface area contributed by atoms with Gasteiger partial charge in [-0.1, -0.05) is 31.4 Å². The van der Waals surface area contributed by atoms with Gasteiger partial charge in [0.2, 0.25) is 0 Å². The molecule has 1 aliphatic carbocycles. The molecule has 2 N–H and O–H groups in total. The average molecular weight is 557 g/mol. The van der Waals surface area contributed by atoms with E-state index in [0.717, 1.165) is 0 Å². The number of hydroxylamine groups is 1. The fourth-order valence-electron chi connectivity index (χ4n) is 6.06. The SMILES string of the molecule is O=C(c1ccc(C2CCCCC2)cc1)N1CC[C@@H](Oc2ccc(S(=O)(=O)C3(C(=O)NO)CCOCC3)cc2)C1. The van der Waals surface area contributed by atoms with Gasteiger partial charge in [-0.3, -0.25) is 14.8 Å². The predicted octanol–water partition coefficient (Wildman–Crippen LogP) is 3.86. The molecule has 39 heavy (non-hydrogen) atoms. The number of carbonyl (C=O) groups excluding carboxylic acids is 2. The van der Waals surface area contributed by atoms with Crippen molar-refractivity contribution in [1.29, 1.82) is 0 Å². The Morgan fingerprint density at radius 1 is 0.949 bits per heavy atom. The second-order valence-electron chi connectivity index (χ2n) is 10.8. The van der Waals surface area contributed by atoms with Crippen molar-refractivity contribution in [3.05, 3.63) is 59.7 Å². The maximum atomic E-state index is 13.4. The second kappa shape index (κ2) is 11.7. The molecule has 2 heterocycles. The number of hydrogen-bond acceptors (Lipinski definition) is 7. The first-order valence-corrected chi connectivity index (χ1v) is 15.3. The van der Waals surface area contributed by atoms with Crippen LogP contribution in [0, 0.1) is 0 Å². The van der Waals surface area contributed by atoms with Crippen LogP contribution in [0.2, 0.25) is 0 Å². The highest BCUT2D eigenvalue weighted by atomic mass is 32.2. The summed E-state index contributed by atoms with van der Waals surface area (Å²) >= 11 is 0. The summed E-state index contributed by atoms with van der Waals surface area (Å²) in [7, 11) is -4.10. The number of likely N-dealkylation sites (tertiary alicyclic amines) is 1. The molecule has 0 radical (unpaired) electrons. The zero-order valence-electron chi connectivity index (χ0n) is 22.0. The van der Waals surface area contributed by atoms with Crippen molar-refractivity contribution in [2.24, 2.45) is 0 Å². The summed E-state index contributed by atoms with van der Waals surface area (Å²) in [6.07, 6.45) is 6.68. The molecule has 210 valence electrons. The third-order valence-electron chi connectivity index (χ3n) is 8.43. The van der Waals surface area contributed by atoms with Gasteiger partial charge in [-0.2, -0.15) is 0 Å². The van der Waals surface area contributed by atoms with Crippen LogP contribution >= 0.6 is 0 Å². The van der Waals surface area contributed by atoms with Crippen molar-refractivity contribution in [2.75, 3.05) is 26.3 Å². The summed E-state index contributed by atoms with van der Waals surface area (Å²) in [5.41, 5.74) is 3.52. The smallest absolute Gasteiger partial charge is 0.265 e. The quantitative estimate of drug-likeness (QED) is 0.392. The topological polar surface area (TPSA) is 122 Å². The molecule has 0 aromatic heterocycles. The summed E-state index contributed by atoms with van der Waals surface area (Å²) in [6.45, 7) is 1.25. The number of ether oxygens (including phenoxy) is 2. The molecule has 9 nitrogen and oxygen atoms in total. The van der Waals surface area contributed by atoms with Crippen molar-refractivity contribution in [2.45, 2.75) is 73.0 Å². The minimum absolute atomic E-state index is 0.0124. The zero-order chi connectivity index (χ0) is 27.5. The van der Waals surface area contributed by atoms with Crippen LogP contribution in [-0.4, -0.2) is 67.5 Å². The van der Waals surface area contributed by atoms with Crippen LogP contribution in [0.4, 0.5) is 0 Å². The Labute approximate surface area is 229 Å². The van der Waals surface area contributed by atoms with E-state index < -0.39 is 20.5 Å². The average Bonchev–Trinajstić information content (AvgIpc) is 3.46. The van der Waals surface area contributed by atoms with Gasteiger partial charge in [0.25, 0.3) is 11.8 Å². The van der Waals surface area contributed by atoms with Crippen LogP contribution in [0.25, 0.3) is 0 Å². The molecule has 3 aliphatic rings. The molecule has 5 rings (SSSR count). The molecule has 1 saturated carbocycles. The van der Waals surface area contributed by atoms with E-state index in [2.05, 4.69) is 12.1 Å². The normalized spacial score (nSPS) is 21.9. The van der Waals surface area contributed by atoms with Gasteiger partial charge < -0.3 is 14.4 Å². The first-order valence-electron chi connectivity index (χ1n) is 13.8. The van der Waals surface area contributed by atoms with Crippen molar-refractivity contribution in [3.8, 4) is 5.75 Å². The van der Waals surface area contributed by atoms with E-state index >= 15 is 0 Å². The number of hydrogen-bond donors (Lipinski definition) is 2. The van der Waals surface area contributed by atoms with Crippen molar-refractivity contribution < 1.29 is 32.7 Å². The largest absolute Gasteiger partial charge is 0.489 e. The lowest BCUT2D eigenvalue weighted by Crippen LogP contribution is -2.54. The second-order valence-corrected chi connectivity index (χ2v) is 13.0. The number of carbonyl (C=O) groups is 2. The van der Waals surface area contributed by atoms with Crippen LogP contribution in [0.5, 0.6) is 5.75 Å². The molecular formula is C29H36N2O7S. The summed E-state index contributed by atoms with van der Waals surface area (Å²) in [6, 6.07) is 14.0. The molecule has 1 atom stereocenters. The lowest BCUT2D eigenvalue weighted by atomic mass is 9.84. The van der Waals surface area contributed by atoms with Crippen LogP contribution in [0.3, 0.4) is 0 Å². The fourth-order valence-corrected chi connectivity index (χ4v) is 8.00. The number of nitrogens with zero attached hydrogens (tertiary/aromatic N) is 1. The lowest BCUT2D eigenvalue weighted by molar-refractivity contribution is -0.134. The van der Waals surface area contributed by atoms with Gasteiger partial charge in [0.05, 0.1) is 11.4 Å². The summed E-state index contributed by atoms with van der Waals surface area (Å²) in [5.74, 6) is 0.118. The van der Waals surface area contributed by atoms with Gasteiger partial charge in [0.1, 0.15) is 11.9 Å². The highest BCUT2D eigenvalue weighted by molar-refractivity contribution is 7.93. The van der Waals surface area contributed by atoms with E-state index in [1.165, 1.54) is 55.3 Å². The summed E-state index contributed by atoms with van der Waals surface area (Å²) in [5, 5.41) is 9.21. The molecule has 10 heteroatoms. The first kappa shape index (κ1) is 27.6. The maximum Gasteiger partial charge on any atom is 0.265 e. The van der Waals surface area contributed by atoms with Crippen LogP contribution in [0.1, 0.15) is 73.2 Å². The molecule has 2 aliphatic heterocycles. The molecule has 2 amide bonds.